The van der Waals surface area contributed by atoms with Crippen LogP contribution < -0.4 is 5.32 Å². The van der Waals surface area contributed by atoms with Crippen molar-refractivity contribution in [2.24, 2.45) is 5.92 Å². The molecule has 3 rings (SSSR count). The Kier molecular flexibility index (Phi) is 5.79. The molecule has 9 heteroatoms. The molecular weight excluding hydrogens is 405 g/mol. The number of halogens is 3. The quantitative estimate of drug-likeness (QED) is 0.767. The summed E-state index contributed by atoms with van der Waals surface area (Å²) in [5.74, 6) is -2.67. The smallest absolute Gasteiger partial charge is 0.344 e. The molecule has 2 aromatic carbocycles. The molecule has 2 amide bonds. The van der Waals surface area contributed by atoms with E-state index < -0.39 is 46.2 Å². The van der Waals surface area contributed by atoms with Crippen molar-refractivity contribution in [2.75, 3.05) is 25.2 Å². The van der Waals surface area contributed by atoms with E-state index in [4.69, 9.17) is 0 Å². The molecule has 0 saturated carbocycles. The van der Waals surface area contributed by atoms with Gasteiger partial charge in [0.25, 0.3) is 0 Å². The number of nitrogens with one attached hydrogen (secondary N) is 1. The molecule has 154 valence electrons. The zero-order valence-electron chi connectivity index (χ0n) is 15.7. The number of likely N-dealkylation sites (N-methyl/N-ethyl adjacent to an activating group) is 1. The number of para-hydroxylation sites is 1. The molecule has 0 aromatic heterocycles. The van der Waals surface area contributed by atoms with E-state index in [9.17, 15) is 27.0 Å². The molecule has 2 aromatic rings. The molecule has 1 fully saturated rings. The lowest BCUT2D eigenvalue weighted by molar-refractivity contribution is -0.138. The van der Waals surface area contributed by atoms with E-state index in [0.717, 1.165) is 12.1 Å². The first-order valence-corrected chi connectivity index (χ1v) is 10.3. The summed E-state index contributed by atoms with van der Waals surface area (Å²) in [5.41, 5.74) is 0.0225. The van der Waals surface area contributed by atoms with Crippen molar-refractivity contribution in [3.8, 4) is 0 Å². The lowest BCUT2D eigenvalue weighted by Crippen LogP contribution is -2.33. The maximum Gasteiger partial charge on any atom is 0.416 e. The predicted molar refractivity (Wildman–Crippen MR) is 103 cm³/mol. The minimum absolute atomic E-state index is 0.212. The van der Waals surface area contributed by atoms with E-state index in [1.807, 2.05) is 0 Å². The summed E-state index contributed by atoms with van der Waals surface area (Å²) in [6.07, 6.45) is -2.98. The molecule has 5 nitrogen and oxygen atoms in total. The molecule has 0 aliphatic carbocycles. The molecule has 1 heterocycles. The number of benzene rings is 2. The number of amides is 2. The summed E-state index contributed by atoms with van der Waals surface area (Å²) in [5, 5.41) is 2.66. The number of alkyl halides is 3. The van der Waals surface area contributed by atoms with Crippen molar-refractivity contribution in [3.63, 3.8) is 0 Å². The molecule has 1 aliphatic rings. The summed E-state index contributed by atoms with van der Waals surface area (Å²) in [4.78, 5) is 27.3. The summed E-state index contributed by atoms with van der Waals surface area (Å²) in [6, 6.07) is 11.1. The van der Waals surface area contributed by atoms with Crippen LogP contribution in [0.4, 0.5) is 18.9 Å². The number of nitrogens with zero attached hydrogens (tertiary/aromatic N) is 1. The van der Waals surface area contributed by atoms with E-state index in [2.05, 4.69) is 5.32 Å². The van der Waals surface area contributed by atoms with E-state index in [1.54, 1.807) is 31.3 Å². The zero-order valence-corrected chi connectivity index (χ0v) is 16.5. The Hall–Kier alpha value is -2.68. The van der Waals surface area contributed by atoms with E-state index >= 15 is 0 Å². The molecule has 3 atom stereocenters. The Bertz CT molecular complexity index is 960. The van der Waals surface area contributed by atoms with Crippen LogP contribution in [-0.4, -0.2) is 40.8 Å². The third kappa shape index (κ3) is 4.34. The van der Waals surface area contributed by atoms with Crippen LogP contribution in [-0.2, 0) is 26.6 Å². The maximum atomic E-state index is 12.9. The first kappa shape index (κ1) is 21.0. The molecule has 0 spiro atoms. The van der Waals surface area contributed by atoms with Gasteiger partial charge >= 0.3 is 6.18 Å². The second-order valence-electron chi connectivity index (χ2n) is 6.86. The zero-order chi connectivity index (χ0) is 21.3. The molecule has 1 N–H and O–H groups in total. The van der Waals surface area contributed by atoms with E-state index in [-0.39, 0.29) is 6.54 Å². The maximum absolute atomic E-state index is 12.9. The average Bonchev–Trinajstić information content (AvgIpc) is 2.96. The number of likely N-dealkylation sites (tertiary alicyclic amines) is 1. The van der Waals surface area contributed by atoms with Gasteiger partial charge in [-0.2, -0.15) is 13.2 Å². The molecule has 1 saturated heterocycles. The van der Waals surface area contributed by atoms with Gasteiger partial charge in [0.05, 0.1) is 26.9 Å². The van der Waals surface area contributed by atoms with Gasteiger partial charge in [0.15, 0.2) is 0 Å². The van der Waals surface area contributed by atoms with Gasteiger partial charge in [-0.25, -0.2) is 0 Å². The summed E-state index contributed by atoms with van der Waals surface area (Å²) in [7, 11) is 0.197. The first-order chi connectivity index (χ1) is 13.6. The largest absolute Gasteiger partial charge is 0.416 e. The van der Waals surface area contributed by atoms with Crippen LogP contribution in [0.5, 0.6) is 0 Å². The number of hydrogen-bond acceptors (Lipinski definition) is 3. The Labute approximate surface area is 168 Å². The lowest BCUT2D eigenvalue weighted by Gasteiger charge is -2.18. The predicted octanol–water partition coefficient (Wildman–Crippen LogP) is 3.25. The number of carbonyl (C=O) groups excluding carboxylic acids is 2. The number of hydrogen-bond donors (Lipinski definition) is 1. The fraction of sp³-hybridized carbons (Fsp3) is 0.300. The standard InChI is InChI=1S/C20H19F3N2O3S/c1-25-11-14(12-7-9-13(10-8-12)20(21,22)23)17(19(25)27)18(26)24-15-5-3-4-6-16(15)29(2)28/h3-10,14,17H,11H2,1-2H3,(H,24,26)/t14-,17+,29?/m1/s1. The van der Waals surface area contributed by atoms with Crippen LogP contribution in [0, 0.1) is 5.92 Å². The minimum Gasteiger partial charge on any atom is -0.344 e. The number of carbonyl (C=O) groups is 2. The Morgan fingerprint density at radius 2 is 1.76 bits per heavy atom. The third-order valence-electron chi connectivity index (χ3n) is 4.92. The highest BCUT2D eigenvalue weighted by Crippen LogP contribution is 2.36. The van der Waals surface area contributed by atoms with Crippen LogP contribution in [0.15, 0.2) is 53.4 Å². The van der Waals surface area contributed by atoms with Gasteiger partial charge in [0.1, 0.15) is 5.92 Å². The fourth-order valence-corrected chi connectivity index (χ4v) is 4.14. The van der Waals surface area contributed by atoms with Crippen molar-refractivity contribution in [2.45, 2.75) is 17.0 Å². The van der Waals surface area contributed by atoms with Gasteiger partial charge < -0.3 is 10.2 Å². The van der Waals surface area contributed by atoms with Crippen molar-refractivity contribution in [1.29, 1.82) is 0 Å². The normalized spacial score (nSPS) is 20.6. The second-order valence-corrected chi connectivity index (χ2v) is 8.21. The van der Waals surface area contributed by atoms with Crippen molar-refractivity contribution in [3.05, 3.63) is 59.7 Å². The van der Waals surface area contributed by atoms with Crippen LogP contribution in [0.25, 0.3) is 0 Å². The molecule has 1 aliphatic heterocycles. The first-order valence-electron chi connectivity index (χ1n) is 8.75. The highest BCUT2D eigenvalue weighted by atomic mass is 32.2. The summed E-state index contributed by atoms with van der Waals surface area (Å²) >= 11 is 0. The molecule has 0 bridgehead atoms. The van der Waals surface area contributed by atoms with Gasteiger partial charge in [-0.05, 0) is 29.8 Å². The van der Waals surface area contributed by atoms with E-state index in [0.29, 0.717) is 16.1 Å². The van der Waals surface area contributed by atoms with Gasteiger partial charge in [-0.3, -0.25) is 13.8 Å². The Morgan fingerprint density at radius 3 is 2.34 bits per heavy atom. The number of anilines is 1. The average molecular weight is 424 g/mol. The summed E-state index contributed by atoms with van der Waals surface area (Å²) in [6.45, 7) is 0.212. The topological polar surface area (TPSA) is 66.5 Å². The van der Waals surface area contributed by atoms with Gasteiger partial charge in [-0.1, -0.05) is 24.3 Å². The second kappa shape index (κ2) is 7.98. The van der Waals surface area contributed by atoms with Crippen molar-refractivity contribution < 1.29 is 27.0 Å². The van der Waals surface area contributed by atoms with E-state index in [1.165, 1.54) is 23.3 Å². The molecular formula is C20H19F3N2O3S. The lowest BCUT2D eigenvalue weighted by atomic mass is 9.87. The summed E-state index contributed by atoms with van der Waals surface area (Å²) < 4.78 is 50.3. The van der Waals surface area contributed by atoms with Crippen LogP contribution in [0.2, 0.25) is 0 Å². The Morgan fingerprint density at radius 1 is 1.14 bits per heavy atom. The van der Waals surface area contributed by atoms with Crippen LogP contribution in [0.3, 0.4) is 0 Å². The number of rotatable bonds is 4. The molecule has 1 unspecified atom stereocenters. The van der Waals surface area contributed by atoms with Crippen LogP contribution in [0.1, 0.15) is 17.0 Å². The fourth-order valence-electron chi connectivity index (χ4n) is 3.44. The molecule has 29 heavy (non-hydrogen) atoms. The third-order valence-corrected chi connectivity index (χ3v) is 5.89. The van der Waals surface area contributed by atoms with Crippen molar-refractivity contribution >= 4 is 28.3 Å². The van der Waals surface area contributed by atoms with Crippen molar-refractivity contribution in [1.82, 2.24) is 4.90 Å². The molecule has 0 radical (unpaired) electrons. The van der Waals surface area contributed by atoms with Gasteiger partial charge in [0, 0.05) is 25.8 Å². The Balaban J connectivity index is 1.89. The van der Waals surface area contributed by atoms with Crippen LogP contribution >= 0.6 is 0 Å². The minimum atomic E-state index is -4.46. The monoisotopic (exact) mass is 424 g/mol. The SMILES string of the molecule is CN1C[C@H](c2ccc(C(F)(F)F)cc2)[C@@H](C(=O)Nc2ccccc2S(C)=O)C1=O. The van der Waals surface area contributed by atoms with Gasteiger partial charge in [0.2, 0.25) is 11.8 Å². The highest BCUT2D eigenvalue weighted by Gasteiger charge is 2.44. The van der Waals surface area contributed by atoms with Gasteiger partial charge in [-0.15, -0.1) is 0 Å². The highest BCUT2D eigenvalue weighted by molar-refractivity contribution is 7.84.